The number of nitrogens with zero attached hydrogens (tertiary/aromatic N) is 4. The van der Waals surface area contributed by atoms with E-state index in [1.807, 2.05) is 0 Å². The molecular formula is C38H56Cl4N4O4Pd2. The zero-order valence-electron chi connectivity index (χ0n) is 30.4. The van der Waals surface area contributed by atoms with E-state index in [0.29, 0.717) is 0 Å². The first-order chi connectivity index (χ1) is 25.5. The summed E-state index contributed by atoms with van der Waals surface area (Å²) in [7, 11) is 19.3. The minimum atomic E-state index is -0.106. The Hall–Kier alpha value is 0.365. The molecule has 6 aliphatic heterocycles. The minimum absolute atomic E-state index is 0.106. The summed E-state index contributed by atoms with van der Waals surface area (Å²) in [4.78, 5) is 9.39. The zero-order chi connectivity index (χ0) is 36.1. The molecule has 4 aliphatic carbocycles. The second-order valence-electron chi connectivity index (χ2n) is 16.6. The molecule has 0 atom stereocenters. The van der Waals surface area contributed by atoms with Crippen LogP contribution in [-0.4, -0.2) is 68.2 Å². The number of rotatable bonds is 0. The SMILES string of the molecule is [C]1N2C(=C3OCC4(CCCCCC4)N13)OCC21CCCCCC1.[C]1N2C(=C3OCC4(CCCCCC4)N13)OCC21CCCCCC1.[Cl][Pd][Cl].[Cl][Pd][Cl]. The van der Waals surface area contributed by atoms with Crippen LogP contribution in [0.25, 0.3) is 0 Å². The number of hydrogen-bond donors (Lipinski definition) is 0. The Balaban J connectivity index is 0.000000141. The predicted molar refractivity (Wildman–Crippen MR) is 197 cm³/mol. The van der Waals surface area contributed by atoms with E-state index in [2.05, 4.69) is 32.9 Å². The van der Waals surface area contributed by atoms with Gasteiger partial charge in [-0.3, -0.25) is 19.6 Å². The Labute approximate surface area is 345 Å². The summed E-state index contributed by atoms with van der Waals surface area (Å²) in [5.74, 6) is 3.86. The quantitative estimate of drug-likeness (QED) is 0.223. The van der Waals surface area contributed by atoms with Crippen LogP contribution in [0, 0.1) is 13.3 Å². The van der Waals surface area contributed by atoms with Gasteiger partial charge in [-0.05, 0) is 51.4 Å². The van der Waals surface area contributed by atoms with Crippen molar-refractivity contribution in [3.8, 4) is 0 Å². The van der Waals surface area contributed by atoms with Crippen molar-refractivity contribution in [2.75, 3.05) is 26.4 Å². The molecule has 4 saturated carbocycles. The van der Waals surface area contributed by atoms with Gasteiger partial charge in [0.1, 0.15) is 26.4 Å². The van der Waals surface area contributed by atoms with Crippen molar-refractivity contribution in [3.63, 3.8) is 0 Å². The van der Waals surface area contributed by atoms with Crippen LogP contribution in [0.4, 0.5) is 0 Å². The number of halogens is 4. The molecule has 4 radical (unpaired) electrons. The number of hydrogen-bond acceptors (Lipinski definition) is 8. The van der Waals surface area contributed by atoms with Crippen molar-refractivity contribution in [1.29, 1.82) is 0 Å². The van der Waals surface area contributed by atoms with Gasteiger partial charge in [0.15, 0.2) is 0 Å². The van der Waals surface area contributed by atoms with Crippen LogP contribution in [0.3, 0.4) is 0 Å². The van der Waals surface area contributed by atoms with Gasteiger partial charge in [0, 0.05) is 0 Å². The molecule has 10 aliphatic rings. The predicted octanol–water partition coefficient (Wildman–Crippen LogP) is 10.7. The second kappa shape index (κ2) is 18.3. The van der Waals surface area contributed by atoms with Crippen LogP contribution in [0.15, 0.2) is 23.5 Å². The average molecular weight is 988 g/mol. The van der Waals surface area contributed by atoms with Crippen molar-refractivity contribution >= 4 is 38.1 Å². The number of fused-ring (bicyclic) bond motifs is 8. The van der Waals surface area contributed by atoms with Crippen molar-refractivity contribution in [1.82, 2.24) is 19.6 Å². The van der Waals surface area contributed by atoms with Crippen LogP contribution in [0.5, 0.6) is 0 Å². The van der Waals surface area contributed by atoms with E-state index in [0.717, 1.165) is 50.0 Å². The van der Waals surface area contributed by atoms with E-state index in [1.54, 1.807) is 0 Å². The molecule has 10 rings (SSSR count). The van der Waals surface area contributed by atoms with Crippen LogP contribution < -0.4 is 0 Å². The molecule has 0 N–H and O–H groups in total. The molecule has 4 saturated heterocycles. The molecule has 52 heavy (non-hydrogen) atoms. The third-order valence-corrected chi connectivity index (χ3v) is 13.5. The Kier molecular flexibility index (Phi) is 14.3. The Morgan fingerprint density at radius 1 is 0.346 bits per heavy atom. The summed E-state index contributed by atoms with van der Waals surface area (Å²) < 4.78 is 24.7. The van der Waals surface area contributed by atoms with Gasteiger partial charge in [0.2, 0.25) is 13.3 Å². The third kappa shape index (κ3) is 7.94. The fourth-order valence-electron chi connectivity index (χ4n) is 10.6. The summed E-state index contributed by atoms with van der Waals surface area (Å²) in [6.07, 6.45) is 31.3. The van der Waals surface area contributed by atoms with Crippen molar-refractivity contribution in [3.05, 3.63) is 36.9 Å². The van der Waals surface area contributed by atoms with E-state index in [-0.39, 0.29) is 54.0 Å². The third-order valence-electron chi connectivity index (χ3n) is 13.5. The molecule has 4 spiro atoms. The summed E-state index contributed by atoms with van der Waals surface area (Å²) in [6.45, 7) is 10.8. The normalized spacial score (nSPS) is 28.8. The first kappa shape index (κ1) is 40.6. The van der Waals surface area contributed by atoms with Crippen molar-refractivity contribution in [2.24, 2.45) is 0 Å². The molecule has 14 heteroatoms. The Morgan fingerprint density at radius 3 is 0.692 bits per heavy atom. The second-order valence-corrected chi connectivity index (χ2v) is 21.3. The fraction of sp³-hybridized carbons (Fsp3) is 0.842. The van der Waals surface area contributed by atoms with E-state index >= 15 is 0 Å². The molecule has 0 unspecified atom stereocenters. The van der Waals surface area contributed by atoms with Gasteiger partial charge >= 0.3 is 70.0 Å². The van der Waals surface area contributed by atoms with Crippen LogP contribution in [0.2, 0.25) is 0 Å². The molecule has 0 aromatic heterocycles. The molecule has 8 fully saturated rings. The molecule has 0 aromatic rings. The van der Waals surface area contributed by atoms with Gasteiger partial charge in [0.25, 0.3) is 23.5 Å². The monoisotopic (exact) mass is 984 g/mol. The zero-order valence-corrected chi connectivity index (χ0v) is 36.5. The summed E-state index contributed by atoms with van der Waals surface area (Å²) in [6, 6.07) is 0. The van der Waals surface area contributed by atoms with E-state index in [4.69, 9.17) is 57.1 Å². The van der Waals surface area contributed by atoms with Gasteiger partial charge in [-0.25, -0.2) is 0 Å². The van der Waals surface area contributed by atoms with Gasteiger partial charge in [-0.1, -0.05) is 103 Å². The van der Waals surface area contributed by atoms with E-state index in [9.17, 15) is 0 Å². The molecule has 0 bridgehead atoms. The molecule has 8 nitrogen and oxygen atoms in total. The van der Waals surface area contributed by atoms with Gasteiger partial charge < -0.3 is 18.9 Å². The topological polar surface area (TPSA) is 49.9 Å². The summed E-state index contributed by atoms with van der Waals surface area (Å²) in [5, 5.41) is 0. The van der Waals surface area contributed by atoms with Gasteiger partial charge in [-0.15, -0.1) is 0 Å². The Bertz CT molecular complexity index is 1070. The van der Waals surface area contributed by atoms with Crippen molar-refractivity contribution < 1.29 is 50.8 Å². The fourth-order valence-corrected chi connectivity index (χ4v) is 10.6. The summed E-state index contributed by atoms with van der Waals surface area (Å²) in [5.41, 5.74) is 0.605. The first-order valence-corrected chi connectivity index (χ1v) is 27.9. The summed E-state index contributed by atoms with van der Waals surface area (Å²) >= 11 is -0.211. The average Bonchev–Trinajstić information content (AvgIpc) is 3.83. The van der Waals surface area contributed by atoms with Crippen LogP contribution in [0.1, 0.15) is 154 Å². The van der Waals surface area contributed by atoms with Gasteiger partial charge in [0.05, 0.1) is 22.2 Å². The van der Waals surface area contributed by atoms with E-state index < -0.39 is 0 Å². The molecule has 0 amide bonds. The van der Waals surface area contributed by atoms with E-state index in [1.165, 1.54) is 154 Å². The van der Waals surface area contributed by atoms with Crippen molar-refractivity contribution in [2.45, 2.75) is 176 Å². The first-order valence-electron chi connectivity index (χ1n) is 19.9. The van der Waals surface area contributed by atoms with Crippen LogP contribution in [-0.2, 0) is 50.8 Å². The molecule has 6 heterocycles. The maximum absolute atomic E-state index is 6.18. The molecule has 0 aromatic carbocycles. The maximum atomic E-state index is 6.18. The van der Waals surface area contributed by atoms with Gasteiger partial charge in [-0.2, -0.15) is 0 Å². The van der Waals surface area contributed by atoms with Crippen LogP contribution >= 0.6 is 38.1 Å². The standard InChI is InChI=1S/2C19H28N2O2.4ClH.2Pd/c2*1-2-6-10-18(9-5-1)13-22-16-17-21(15-20(16)18)19(14-23-17)11-7-3-4-8-12-19;;;;;;/h2*1-14H2;4*1H;;/q;;;;;;2*+2/p-4. The Morgan fingerprint density at radius 2 is 0.519 bits per heavy atom. The molecular weight excluding hydrogens is 931 g/mol. The number of ether oxygens (including phenoxy) is 4. The molecule has 300 valence electrons.